The van der Waals surface area contributed by atoms with Crippen LogP contribution in [0.2, 0.25) is 5.02 Å². The van der Waals surface area contributed by atoms with Gasteiger partial charge in [0, 0.05) is 18.0 Å². The Morgan fingerprint density at radius 3 is 2.53 bits per heavy atom. The van der Waals surface area contributed by atoms with E-state index in [1.54, 1.807) is 30.7 Å². The van der Waals surface area contributed by atoms with E-state index in [4.69, 9.17) is 17.3 Å². The Morgan fingerprint density at radius 1 is 1.05 bits per heavy atom. The first-order valence-corrected chi connectivity index (χ1v) is 6.01. The van der Waals surface area contributed by atoms with Crippen LogP contribution in [0.5, 0.6) is 0 Å². The Hall–Kier alpha value is -2.40. The molecule has 2 N–H and O–H groups in total. The summed E-state index contributed by atoms with van der Waals surface area (Å²) >= 11 is 6.15. The van der Waals surface area contributed by atoms with Crippen molar-refractivity contribution in [3.63, 3.8) is 0 Å². The molecule has 0 bridgehead atoms. The first kappa shape index (κ1) is 11.7. The SMILES string of the molecule is Nc1cn(-c2ncccn2)nc1-c1ccccc1Cl. The summed E-state index contributed by atoms with van der Waals surface area (Å²) in [6, 6.07) is 9.16. The molecule has 0 fully saturated rings. The Morgan fingerprint density at radius 2 is 1.79 bits per heavy atom. The minimum absolute atomic E-state index is 0.465. The van der Waals surface area contributed by atoms with Crippen LogP contribution in [0.25, 0.3) is 17.2 Å². The van der Waals surface area contributed by atoms with Gasteiger partial charge < -0.3 is 5.73 Å². The smallest absolute Gasteiger partial charge is 0.250 e. The molecule has 5 nitrogen and oxygen atoms in total. The number of nitrogen functional groups attached to an aromatic ring is 1. The highest BCUT2D eigenvalue weighted by Crippen LogP contribution is 2.30. The van der Waals surface area contributed by atoms with Crippen molar-refractivity contribution in [3.05, 3.63) is 53.9 Å². The van der Waals surface area contributed by atoms with Crippen LogP contribution in [-0.2, 0) is 0 Å². The molecule has 0 aliphatic carbocycles. The number of hydrogen-bond acceptors (Lipinski definition) is 4. The highest BCUT2D eigenvalue weighted by molar-refractivity contribution is 6.33. The lowest BCUT2D eigenvalue weighted by Gasteiger charge is -2.01. The molecule has 0 atom stereocenters. The second-order valence-electron chi connectivity index (χ2n) is 3.91. The van der Waals surface area contributed by atoms with Gasteiger partial charge in [-0.15, -0.1) is 0 Å². The maximum Gasteiger partial charge on any atom is 0.250 e. The molecule has 6 heteroatoms. The summed E-state index contributed by atoms with van der Waals surface area (Å²) in [7, 11) is 0. The van der Waals surface area contributed by atoms with Gasteiger partial charge >= 0.3 is 0 Å². The molecule has 3 rings (SSSR count). The van der Waals surface area contributed by atoms with Crippen LogP contribution >= 0.6 is 11.6 Å². The van der Waals surface area contributed by atoms with Gasteiger partial charge in [-0.05, 0) is 12.1 Å². The maximum absolute atomic E-state index is 6.15. The van der Waals surface area contributed by atoms with Gasteiger partial charge in [-0.25, -0.2) is 14.6 Å². The van der Waals surface area contributed by atoms with E-state index in [1.165, 1.54) is 4.68 Å². The number of benzene rings is 1. The van der Waals surface area contributed by atoms with Gasteiger partial charge in [0.1, 0.15) is 5.69 Å². The molecule has 2 aromatic heterocycles. The first-order valence-electron chi connectivity index (χ1n) is 5.63. The van der Waals surface area contributed by atoms with Crippen LogP contribution in [0.1, 0.15) is 0 Å². The van der Waals surface area contributed by atoms with Crippen molar-refractivity contribution < 1.29 is 0 Å². The third kappa shape index (κ3) is 2.15. The molecule has 0 saturated carbocycles. The number of rotatable bonds is 2. The molecule has 3 aromatic rings. The van der Waals surface area contributed by atoms with Gasteiger partial charge in [0.15, 0.2) is 0 Å². The lowest BCUT2D eigenvalue weighted by molar-refractivity contribution is 0.811. The Labute approximate surface area is 114 Å². The van der Waals surface area contributed by atoms with Crippen molar-refractivity contribution in [3.8, 4) is 17.2 Å². The number of hydrogen-bond donors (Lipinski definition) is 1. The summed E-state index contributed by atoms with van der Waals surface area (Å²) in [5, 5.41) is 5.00. The van der Waals surface area contributed by atoms with Crippen LogP contribution in [0, 0.1) is 0 Å². The monoisotopic (exact) mass is 271 g/mol. The number of halogens is 1. The van der Waals surface area contributed by atoms with Crippen molar-refractivity contribution in [2.45, 2.75) is 0 Å². The van der Waals surface area contributed by atoms with Gasteiger partial charge in [0.25, 0.3) is 5.95 Å². The summed E-state index contributed by atoms with van der Waals surface area (Å²) in [6.45, 7) is 0. The van der Waals surface area contributed by atoms with Crippen LogP contribution in [0.15, 0.2) is 48.9 Å². The fraction of sp³-hybridized carbons (Fsp3) is 0. The summed E-state index contributed by atoms with van der Waals surface area (Å²) in [5.41, 5.74) is 7.92. The van der Waals surface area contributed by atoms with Gasteiger partial charge in [-0.3, -0.25) is 0 Å². The van der Waals surface area contributed by atoms with Crippen molar-refractivity contribution >= 4 is 17.3 Å². The Kier molecular flexibility index (Phi) is 2.89. The zero-order valence-corrected chi connectivity index (χ0v) is 10.6. The summed E-state index contributed by atoms with van der Waals surface area (Å²) < 4.78 is 1.54. The number of nitrogens with two attached hydrogens (primary N) is 1. The van der Waals surface area contributed by atoms with Crippen LogP contribution < -0.4 is 5.73 Å². The second-order valence-corrected chi connectivity index (χ2v) is 4.31. The lowest BCUT2D eigenvalue weighted by atomic mass is 10.1. The molecule has 0 aliphatic rings. The molecule has 0 aliphatic heterocycles. The van der Waals surface area contributed by atoms with Gasteiger partial charge in [0.2, 0.25) is 0 Å². The molecule has 0 amide bonds. The highest BCUT2D eigenvalue weighted by atomic mass is 35.5. The maximum atomic E-state index is 6.15. The summed E-state index contributed by atoms with van der Waals surface area (Å²) in [4.78, 5) is 8.24. The van der Waals surface area contributed by atoms with Gasteiger partial charge in [0.05, 0.1) is 16.9 Å². The fourth-order valence-electron chi connectivity index (χ4n) is 1.76. The fourth-order valence-corrected chi connectivity index (χ4v) is 1.99. The van der Waals surface area contributed by atoms with E-state index in [0.29, 0.717) is 22.4 Å². The topological polar surface area (TPSA) is 69.6 Å². The third-order valence-corrected chi connectivity index (χ3v) is 2.96. The van der Waals surface area contributed by atoms with Crippen molar-refractivity contribution in [1.29, 1.82) is 0 Å². The van der Waals surface area contributed by atoms with Gasteiger partial charge in [-0.1, -0.05) is 29.8 Å². The van der Waals surface area contributed by atoms with Gasteiger partial charge in [-0.2, -0.15) is 5.10 Å². The normalized spacial score (nSPS) is 10.6. The van der Waals surface area contributed by atoms with E-state index in [2.05, 4.69) is 15.1 Å². The quantitative estimate of drug-likeness (QED) is 0.778. The van der Waals surface area contributed by atoms with E-state index in [9.17, 15) is 0 Å². The van der Waals surface area contributed by atoms with Crippen LogP contribution in [0.3, 0.4) is 0 Å². The molecule has 94 valence electrons. The average molecular weight is 272 g/mol. The molecule has 0 saturated heterocycles. The number of anilines is 1. The highest BCUT2D eigenvalue weighted by Gasteiger charge is 2.13. The standard InChI is InChI=1S/C13H10ClN5/c14-10-5-2-1-4-9(10)12-11(15)8-19(18-12)13-16-6-3-7-17-13/h1-8H,15H2. The molecule has 0 unspecified atom stereocenters. The third-order valence-electron chi connectivity index (χ3n) is 2.63. The van der Waals surface area contributed by atoms with E-state index >= 15 is 0 Å². The van der Waals surface area contributed by atoms with Crippen molar-refractivity contribution in [1.82, 2.24) is 19.7 Å². The molecule has 2 heterocycles. The van der Waals surface area contributed by atoms with E-state index in [-0.39, 0.29) is 0 Å². The molecule has 19 heavy (non-hydrogen) atoms. The van der Waals surface area contributed by atoms with Crippen LogP contribution in [-0.4, -0.2) is 19.7 Å². The minimum atomic E-state index is 0.465. The summed E-state index contributed by atoms with van der Waals surface area (Å²) in [5.74, 6) is 0.465. The van der Waals surface area contributed by atoms with E-state index < -0.39 is 0 Å². The molecular weight excluding hydrogens is 262 g/mol. The molecule has 0 radical (unpaired) electrons. The predicted molar refractivity (Wildman–Crippen MR) is 74.0 cm³/mol. The molecular formula is C13H10ClN5. The number of nitrogens with zero attached hydrogens (tertiary/aromatic N) is 4. The lowest BCUT2D eigenvalue weighted by Crippen LogP contribution is -2.00. The predicted octanol–water partition coefficient (Wildman–Crippen LogP) is 2.56. The van der Waals surface area contributed by atoms with E-state index in [0.717, 1.165) is 5.56 Å². The van der Waals surface area contributed by atoms with E-state index in [1.807, 2.05) is 18.2 Å². The average Bonchev–Trinajstić information content (AvgIpc) is 2.82. The first-order chi connectivity index (χ1) is 9.25. The van der Waals surface area contributed by atoms with Crippen molar-refractivity contribution in [2.24, 2.45) is 0 Å². The second kappa shape index (κ2) is 4.70. The summed E-state index contributed by atoms with van der Waals surface area (Å²) in [6.07, 6.45) is 4.97. The molecule has 0 spiro atoms. The Bertz CT molecular complexity index is 708. The minimum Gasteiger partial charge on any atom is -0.396 e. The molecule has 1 aromatic carbocycles. The zero-order valence-electron chi connectivity index (χ0n) is 9.86. The van der Waals surface area contributed by atoms with Crippen LogP contribution in [0.4, 0.5) is 5.69 Å². The largest absolute Gasteiger partial charge is 0.396 e. The van der Waals surface area contributed by atoms with Crippen molar-refractivity contribution in [2.75, 3.05) is 5.73 Å². The zero-order chi connectivity index (χ0) is 13.2. The Balaban J connectivity index is 2.11. The number of aromatic nitrogens is 4.